The number of nitrogens with zero attached hydrogens (tertiary/aromatic N) is 2. The van der Waals surface area contributed by atoms with Crippen LogP contribution in [0.4, 0.5) is 0 Å². The van der Waals surface area contributed by atoms with E-state index in [-0.39, 0.29) is 18.2 Å². The Kier molecular flexibility index (Phi) is 7.43. The molecule has 9 aromatic rings. The largest absolute Gasteiger partial charge is 0.455 e. The van der Waals surface area contributed by atoms with Crippen LogP contribution in [0.2, 0.25) is 0 Å². The van der Waals surface area contributed by atoms with E-state index >= 15 is 0 Å². The van der Waals surface area contributed by atoms with Crippen LogP contribution in [-0.2, 0) is 0 Å². The molecule has 2 aromatic heterocycles. The van der Waals surface area contributed by atoms with Crippen molar-refractivity contribution < 1.29 is 4.42 Å². The van der Waals surface area contributed by atoms with Crippen molar-refractivity contribution in [3.8, 4) is 11.1 Å². The summed E-state index contributed by atoms with van der Waals surface area (Å²) in [5, 5.41) is 12.5. The highest BCUT2D eigenvalue weighted by Crippen LogP contribution is 2.54. The maximum Gasteiger partial charge on any atom is 0.143 e. The Morgan fingerprint density at radius 3 is 2.07 bits per heavy atom. The number of para-hydroxylation sites is 4. The second-order valence-electron chi connectivity index (χ2n) is 15.1. The van der Waals surface area contributed by atoms with E-state index in [1.165, 1.54) is 38.0 Å². The smallest absolute Gasteiger partial charge is 0.143 e. The summed E-state index contributed by atoms with van der Waals surface area (Å²) in [4.78, 5) is 6.60. The average Bonchev–Trinajstić information content (AvgIpc) is 3.96. The van der Waals surface area contributed by atoms with Crippen LogP contribution in [0.5, 0.6) is 0 Å². The Bertz CT molecular complexity index is 3090. The van der Waals surface area contributed by atoms with Gasteiger partial charge in [-0.2, -0.15) is 0 Å². The van der Waals surface area contributed by atoms with E-state index in [0.717, 1.165) is 55.6 Å². The first-order valence-corrected chi connectivity index (χ1v) is 20.5. The summed E-state index contributed by atoms with van der Waals surface area (Å²) < 4.78 is 9.54. The van der Waals surface area contributed by atoms with Gasteiger partial charge >= 0.3 is 0 Å². The van der Waals surface area contributed by atoms with Crippen LogP contribution in [0.1, 0.15) is 40.5 Å². The van der Waals surface area contributed by atoms with Crippen molar-refractivity contribution in [2.24, 2.45) is 4.99 Å². The molecule has 0 bridgehead atoms. The zero-order valence-electron chi connectivity index (χ0n) is 30.8. The van der Waals surface area contributed by atoms with Gasteiger partial charge in [-0.25, -0.2) is 4.99 Å². The SMILES string of the molecule is C1=CC2Sc3ccc(-c4cccc5c4oc4c(C6N=C(c7ccccc7)NC(c7ccccc7)N6)cccc45)cc3C2C(n2c3ccccc3c3ccccc32)=C1. The third kappa shape index (κ3) is 5.18. The van der Waals surface area contributed by atoms with Crippen LogP contribution in [0.3, 0.4) is 0 Å². The van der Waals surface area contributed by atoms with Gasteiger partial charge in [0.1, 0.15) is 29.3 Å². The molecule has 0 saturated heterocycles. The summed E-state index contributed by atoms with van der Waals surface area (Å²) in [5.74, 6) is 1.05. The summed E-state index contributed by atoms with van der Waals surface area (Å²) in [6, 6.07) is 58.5. The molecular formula is C51H36N4OS. The maximum atomic E-state index is 7.05. The number of nitrogens with one attached hydrogen (secondary N) is 2. The molecule has 0 spiro atoms. The van der Waals surface area contributed by atoms with Crippen molar-refractivity contribution in [3.05, 3.63) is 204 Å². The monoisotopic (exact) mass is 752 g/mol. The fourth-order valence-electron chi connectivity index (χ4n) is 9.28. The lowest BCUT2D eigenvalue weighted by Crippen LogP contribution is -2.44. The van der Waals surface area contributed by atoms with E-state index < -0.39 is 0 Å². The molecule has 0 saturated carbocycles. The molecule has 1 aliphatic carbocycles. The Morgan fingerprint density at radius 1 is 0.596 bits per heavy atom. The fraction of sp³-hybridized carbons (Fsp3) is 0.0784. The number of benzene rings is 7. The average molecular weight is 753 g/mol. The van der Waals surface area contributed by atoms with Crippen molar-refractivity contribution in [1.82, 2.24) is 15.2 Å². The van der Waals surface area contributed by atoms with Crippen LogP contribution in [0.15, 0.2) is 196 Å². The van der Waals surface area contributed by atoms with E-state index in [1.807, 2.05) is 17.8 Å². The molecule has 4 atom stereocenters. The number of hydrogen-bond acceptors (Lipinski definition) is 5. The Balaban J connectivity index is 0.975. The number of allylic oxidation sites excluding steroid dienone is 3. The van der Waals surface area contributed by atoms with E-state index in [4.69, 9.17) is 9.41 Å². The highest BCUT2D eigenvalue weighted by Gasteiger charge is 2.38. The van der Waals surface area contributed by atoms with Crippen molar-refractivity contribution in [1.29, 1.82) is 0 Å². The minimum atomic E-state index is -0.334. The zero-order chi connectivity index (χ0) is 37.5. The molecule has 272 valence electrons. The Hall–Kier alpha value is -6.60. The summed E-state index contributed by atoms with van der Waals surface area (Å²) in [6.45, 7) is 0. The van der Waals surface area contributed by atoms with Crippen LogP contribution in [0.25, 0.3) is 60.6 Å². The van der Waals surface area contributed by atoms with E-state index in [0.29, 0.717) is 5.25 Å². The lowest BCUT2D eigenvalue weighted by atomic mass is 9.87. The quantitative estimate of drug-likeness (QED) is 0.184. The maximum absolute atomic E-state index is 7.05. The van der Waals surface area contributed by atoms with E-state index in [2.05, 4.69) is 191 Å². The molecule has 2 aliphatic heterocycles. The summed E-state index contributed by atoms with van der Waals surface area (Å²) >= 11 is 1.97. The zero-order valence-corrected chi connectivity index (χ0v) is 31.7. The molecular weight excluding hydrogens is 717 g/mol. The molecule has 7 aromatic carbocycles. The molecule has 0 radical (unpaired) electrons. The van der Waals surface area contributed by atoms with Gasteiger partial charge in [0.25, 0.3) is 0 Å². The number of hydrogen-bond donors (Lipinski definition) is 2. The predicted molar refractivity (Wildman–Crippen MR) is 236 cm³/mol. The topological polar surface area (TPSA) is 54.5 Å². The van der Waals surface area contributed by atoms with Gasteiger partial charge in [0.05, 0.1) is 11.0 Å². The lowest BCUT2D eigenvalue weighted by molar-refractivity contribution is 0.408. The highest BCUT2D eigenvalue weighted by atomic mass is 32.2. The number of aliphatic imine (C=N–C) groups is 1. The first-order valence-electron chi connectivity index (χ1n) is 19.6. The molecule has 4 heterocycles. The van der Waals surface area contributed by atoms with E-state index in [1.54, 1.807) is 0 Å². The Morgan fingerprint density at radius 2 is 1.28 bits per heavy atom. The van der Waals surface area contributed by atoms with Crippen molar-refractivity contribution >= 4 is 67.0 Å². The van der Waals surface area contributed by atoms with Crippen LogP contribution < -0.4 is 10.6 Å². The molecule has 5 nitrogen and oxygen atoms in total. The molecule has 3 aliphatic rings. The van der Waals surface area contributed by atoms with Gasteiger partial charge in [-0.15, -0.1) is 11.8 Å². The summed E-state index contributed by atoms with van der Waals surface area (Å²) in [7, 11) is 0. The van der Waals surface area contributed by atoms with Gasteiger partial charge in [0.15, 0.2) is 0 Å². The summed E-state index contributed by atoms with van der Waals surface area (Å²) in [5.41, 5.74) is 12.4. The predicted octanol–water partition coefficient (Wildman–Crippen LogP) is 12.4. The number of rotatable bonds is 5. The van der Waals surface area contributed by atoms with Gasteiger partial charge in [0, 0.05) is 60.0 Å². The van der Waals surface area contributed by atoms with Gasteiger partial charge in [0.2, 0.25) is 0 Å². The fourth-order valence-corrected chi connectivity index (χ4v) is 10.6. The van der Waals surface area contributed by atoms with Gasteiger partial charge in [-0.1, -0.05) is 152 Å². The number of furan rings is 1. The van der Waals surface area contributed by atoms with Crippen molar-refractivity contribution in [2.45, 2.75) is 28.4 Å². The molecule has 2 N–H and O–H groups in total. The van der Waals surface area contributed by atoms with Gasteiger partial charge in [-0.05, 0) is 47.0 Å². The first kappa shape index (κ1) is 32.6. The third-order valence-corrected chi connectivity index (χ3v) is 13.2. The van der Waals surface area contributed by atoms with Gasteiger partial charge in [-0.3, -0.25) is 5.32 Å². The minimum absolute atomic E-state index is 0.136. The summed E-state index contributed by atoms with van der Waals surface area (Å²) in [6.07, 6.45) is 6.48. The number of fused-ring (bicyclic) bond motifs is 9. The van der Waals surface area contributed by atoms with Crippen LogP contribution in [0, 0.1) is 0 Å². The molecule has 0 fully saturated rings. The Labute approximate surface area is 334 Å². The minimum Gasteiger partial charge on any atom is -0.455 e. The number of thioether (sulfide) groups is 1. The second kappa shape index (κ2) is 13.0. The lowest BCUT2D eigenvalue weighted by Gasteiger charge is -2.32. The van der Waals surface area contributed by atoms with Crippen molar-refractivity contribution in [2.75, 3.05) is 0 Å². The van der Waals surface area contributed by atoms with E-state index in [9.17, 15) is 0 Å². The van der Waals surface area contributed by atoms with Crippen molar-refractivity contribution in [3.63, 3.8) is 0 Å². The molecule has 57 heavy (non-hydrogen) atoms. The number of aromatic nitrogens is 1. The third-order valence-electron chi connectivity index (χ3n) is 11.9. The second-order valence-corrected chi connectivity index (χ2v) is 16.3. The highest BCUT2D eigenvalue weighted by molar-refractivity contribution is 8.00. The van der Waals surface area contributed by atoms with Gasteiger partial charge < -0.3 is 14.3 Å². The first-order chi connectivity index (χ1) is 28.3. The molecule has 12 rings (SSSR count). The molecule has 4 unspecified atom stereocenters. The normalized spacial score (nSPS) is 20.1. The molecule has 6 heteroatoms. The standard InChI is InChI=1S/C51H36N4OS/c1-3-14-31(15-4-1)49-52-50(32-16-5-2-6-17-32)54-51(53-49)39-23-12-22-38-37-21-11-20-34(47(37)56-48(38)39)33-28-29-44-40(30-33)46-43(26-13-27-45(46)57-44)55-41-24-9-7-18-35(41)36-19-8-10-25-42(36)55/h1-30,45-46,49,51,53H,(H,52,54). The van der Waals surface area contributed by atoms with Crippen LogP contribution in [-0.4, -0.2) is 15.7 Å². The number of amidine groups is 1. The van der Waals surface area contributed by atoms with Crippen LogP contribution >= 0.6 is 11.8 Å². The molecule has 0 amide bonds.